The van der Waals surface area contributed by atoms with Crippen molar-refractivity contribution in [2.75, 3.05) is 127 Å². The van der Waals surface area contributed by atoms with Gasteiger partial charge in [-0.1, -0.05) is 132 Å². The van der Waals surface area contributed by atoms with Gasteiger partial charge in [0.05, 0.1) is 97.5 Å². The molecular formula is C103H133N11O17S5. The van der Waals surface area contributed by atoms with Crippen LogP contribution in [-0.4, -0.2) is 187 Å². The lowest BCUT2D eigenvalue weighted by Crippen LogP contribution is -2.41. The van der Waals surface area contributed by atoms with E-state index in [4.69, 9.17) is 4.74 Å². The quantitative estimate of drug-likeness (QED) is 0.0304. The van der Waals surface area contributed by atoms with E-state index in [-0.39, 0.29) is 97.3 Å². The van der Waals surface area contributed by atoms with Crippen molar-refractivity contribution in [2.24, 2.45) is 35.5 Å². The van der Waals surface area contributed by atoms with Crippen molar-refractivity contribution in [1.82, 2.24) is 15.3 Å². The highest BCUT2D eigenvalue weighted by Crippen LogP contribution is 2.43. The number of aromatic nitrogens is 2. The minimum atomic E-state index is -3.90. The fourth-order valence-corrected chi connectivity index (χ4v) is 26.8. The van der Waals surface area contributed by atoms with Gasteiger partial charge in [-0.3, -0.25) is 26.8 Å². The average Bonchev–Trinajstić information content (AvgIpc) is 0.982. The van der Waals surface area contributed by atoms with Crippen molar-refractivity contribution in [3.8, 4) is 0 Å². The number of sulfone groups is 1. The van der Waals surface area contributed by atoms with Gasteiger partial charge in [-0.25, -0.2) is 56.9 Å². The summed E-state index contributed by atoms with van der Waals surface area (Å²) in [5.74, 6) is 1.18. The first-order valence-corrected chi connectivity index (χ1v) is 55.3. The highest BCUT2D eigenvalue weighted by atomic mass is 32.2. The molecule has 1 amide bonds. The van der Waals surface area contributed by atoms with Gasteiger partial charge >= 0.3 is 6.09 Å². The van der Waals surface area contributed by atoms with Crippen LogP contribution in [0.3, 0.4) is 0 Å². The van der Waals surface area contributed by atoms with Crippen LogP contribution in [0.1, 0.15) is 200 Å². The lowest BCUT2D eigenvalue weighted by molar-refractivity contribution is 0.0452. The number of aryl methyl sites for hydroxylation is 4. The minimum absolute atomic E-state index is 0.0251. The number of hydrogen-bond donors (Lipinski definition) is 4. The zero-order chi connectivity index (χ0) is 97.9. The maximum atomic E-state index is 13.8. The third-order valence-electron chi connectivity index (χ3n) is 25.8. The van der Waals surface area contributed by atoms with Crippen LogP contribution in [-0.2, 0) is 86.9 Å². The highest BCUT2D eigenvalue weighted by Gasteiger charge is 2.40. The molecule has 1 saturated carbocycles. The molecule has 6 aliphatic heterocycles. The number of aliphatic hydroxyl groups excluding tert-OH is 3. The molecule has 732 valence electrons. The maximum Gasteiger partial charge on any atom is 0.407 e. The molecule has 1 aliphatic carbocycles. The Balaban J connectivity index is 0.000000153. The van der Waals surface area contributed by atoms with E-state index in [1.54, 1.807) is 60.8 Å². The number of cyclic esters (lactones) is 1. The second-order valence-corrected chi connectivity index (χ2v) is 47.9. The van der Waals surface area contributed by atoms with Crippen LogP contribution in [0, 0.1) is 35.5 Å². The van der Waals surface area contributed by atoms with Crippen LogP contribution >= 0.6 is 0 Å². The summed E-state index contributed by atoms with van der Waals surface area (Å²) in [5.41, 5.74) is 13.1. The van der Waals surface area contributed by atoms with E-state index in [1.165, 1.54) is 35.7 Å². The second kappa shape index (κ2) is 44.5. The largest absolute Gasteiger partial charge is 0.442 e. The molecule has 2 saturated heterocycles. The Morgan fingerprint density at radius 1 is 0.434 bits per heavy atom. The number of ketones is 2. The Morgan fingerprint density at radius 2 is 0.787 bits per heavy atom. The molecule has 16 rings (SSSR count). The van der Waals surface area contributed by atoms with Crippen LogP contribution in [0.4, 0.5) is 50.3 Å². The van der Waals surface area contributed by atoms with Crippen molar-refractivity contribution in [3.63, 3.8) is 0 Å². The van der Waals surface area contributed by atoms with Crippen LogP contribution < -0.4 is 42.1 Å². The summed E-state index contributed by atoms with van der Waals surface area (Å²) in [4.78, 5) is 54.1. The minimum Gasteiger partial charge on any atom is -0.442 e. The number of amides is 1. The summed E-state index contributed by atoms with van der Waals surface area (Å²) in [7, 11) is -18.4. The van der Waals surface area contributed by atoms with E-state index < -0.39 is 68.2 Å². The summed E-state index contributed by atoms with van der Waals surface area (Å²) < 4.78 is 145. The number of Topliss-reactive ketones (excluding diaryl/α,β-unsaturated/α-hetero) is 2. The van der Waals surface area contributed by atoms with Gasteiger partial charge in [-0.05, 0) is 243 Å². The zero-order valence-corrected chi connectivity index (χ0v) is 84.2. The number of fused-ring (bicyclic) bond motifs is 4. The molecule has 9 aromatic rings. The Kier molecular flexibility index (Phi) is 33.7. The van der Waals surface area contributed by atoms with Crippen molar-refractivity contribution in [1.29, 1.82) is 0 Å². The first kappa shape index (κ1) is 103. The van der Waals surface area contributed by atoms with Crippen molar-refractivity contribution >= 4 is 113 Å². The van der Waals surface area contributed by atoms with Gasteiger partial charge in [0.15, 0.2) is 21.4 Å². The molecular weight excluding hydrogens is 1820 g/mol. The number of rotatable bonds is 32. The van der Waals surface area contributed by atoms with E-state index in [0.717, 1.165) is 90.9 Å². The van der Waals surface area contributed by atoms with Gasteiger partial charge in [0, 0.05) is 129 Å². The summed E-state index contributed by atoms with van der Waals surface area (Å²) in [6.45, 7) is 30.8. The van der Waals surface area contributed by atoms with E-state index >= 15 is 0 Å². The monoisotopic (exact) mass is 1960 g/mol. The number of hydrogen-bond acceptors (Lipinski definition) is 23. The third kappa shape index (κ3) is 24.8. The molecule has 7 aliphatic rings. The molecule has 7 heterocycles. The lowest BCUT2D eigenvalue weighted by atomic mass is 9.81. The van der Waals surface area contributed by atoms with Gasteiger partial charge in [0.1, 0.15) is 12.4 Å². The SMILES string of the molecule is CCc1ccc(N(CC(C)C)S(=O)(=O)c2ccc3c(c2)C(=O)CCN3CC2CCS(=O)(=O)C2)cc1.CCc1ccc(N(CC(C)C)S(=O)(=O)c2ccc3c(c2)C(=O)CCN3CC2CNC(=O)O2)cc1.CCc1ccc(N(CC(C)C)S(=O)(=O)c2ccc3c(c2)C(O)CCN3CC2CC(O)C2)cc1.CCc1ccc(N(CC(C)C)S(=O)(=O)c2ccc3c(c2)C(O)CCN3Cc2ccncn2)cc1. The van der Waals surface area contributed by atoms with Gasteiger partial charge < -0.3 is 45.0 Å². The number of aliphatic hydroxyl groups is 3. The third-order valence-corrected chi connectivity index (χ3v) is 34.8. The molecule has 4 N–H and O–H groups in total. The molecule has 0 spiro atoms. The van der Waals surface area contributed by atoms with Crippen LogP contribution in [0.15, 0.2) is 208 Å². The average molecular weight is 1960 g/mol. The van der Waals surface area contributed by atoms with Crippen molar-refractivity contribution in [3.05, 3.63) is 239 Å². The lowest BCUT2D eigenvalue weighted by Gasteiger charge is -2.40. The highest BCUT2D eigenvalue weighted by molar-refractivity contribution is 7.94. The maximum absolute atomic E-state index is 13.8. The number of carbonyl (C=O) groups excluding carboxylic acids is 3. The van der Waals surface area contributed by atoms with E-state index in [9.17, 15) is 71.8 Å². The fraction of sp³-hybridized carbons (Fsp3) is 0.466. The number of anilines is 8. The number of ether oxygens (including phenoxy) is 1. The van der Waals surface area contributed by atoms with Crippen LogP contribution in [0.5, 0.6) is 0 Å². The molecule has 4 atom stereocenters. The number of sulfonamides is 4. The van der Waals surface area contributed by atoms with Crippen LogP contribution in [0.2, 0.25) is 0 Å². The summed E-state index contributed by atoms with van der Waals surface area (Å²) in [6, 6.07) is 52.1. The van der Waals surface area contributed by atoms with Crippen molar-refractivity contribution in [2.45, 2.75) is 204 Å². The van der Waals surface area contributed by atoms with Gasteiger partial charge in [-0.15, -0.1) is 0 Å². The van der Waals surface area contributed by atoms with Crippen LogP contribution in [0.25, 0.3) is 0 Å². The second-order valence-electron chi connectivity index (χ2n) is 38.2. The summed E-state index contributed by atoms with van der Waals surface area (Å²) in [5, 5.41) is 33.7. The summed E-state index contributed by atoms with van der Waals surface area (Å²) >= 11 is 0. The number of alkyl carbamates (subject to hydrolysis) is 1. The Hall–Kier alpha value is -10.5. The first-order chi connectivity index (χ1) is 64.7. The predicted molar refractivity (Wildman–Crippen MR) is 537 cm³/mol. The molecule has 0 bridgehead atoms. The number of nitrogens with one attached hydrogen (secondary N) is 1. The van der Waals surface area contributed by atoms with E-state index in [2.05, 4.69) is 52.8 Å². The predicted octanol–water partition coefficient (Wildman–Crippen LogP) is 16.0. The molecule has 0 radical (unpaired) electrons. The van der Waals surface area contributed by atoms with Gasteiger partial charge in [0.25, 0.3) is 40.1 Å². The first-order valence-electron chi connectivity index (χ1n) is 47.7. The van der Waals surface area contributed by atoms with E-state index in [1.807, 2.05) is 174 Å². The topological polar surface area (TPSA) is 356 Å². The Bertz CT molecular complexity index is 6270. The number of nitrogens with zero attached hydrogens (tertiary/aromatic N) is 10. The fourth-order valence-electron chi connectivity index (χ4n) is 18.3. The molecule has 3 fully saturated rings. The molecule has 8 aromatic carbocycles. The zero-order valence-electron chi connectivity index (χ0n) is 80.1. The molecule has 4 unspecified atom stereocenters. The molecule has 28 nitrogen and oxygen atoms in total. The van der Waals surface area contributed by atoms with Gasteiger partial charge in [0.2, 0.25) is 0 Å². The summed E-state index contributed by atoms with van der Waals surface area (Å²) in [6.07, 6.45) is 8.28. The smallest absolute Gasteiger partial charge is 0.407 e. The normalized spacial score (nSPS) is 19.1. The van der Waals surface area contributed by atoms with E-state index in [0.29, 0.717) is 154 Å². The number of carbonyl (C=O) groups is 3. The Morgan fingerprint density at radius 3 is 1.12 bits per heavy atom. The Labute approximate surface area is 804 Å². The standard InChI is InChI=1S/C26H32N4O3S.C26H34N2O5S2.C26H36N2O4S.C25H31N3O5S/c1-4-20-5-7-22(8-6-20)30(16-19(2)3)34(32,33)23-9-10-25-24(15-23)26(31)12-14-29(25)17-21-11-13-27-18-28-21;1-4-20-5-7-22(8-6-20)28(16-19(2)3)35(32,33)23-9-10-25-24(15-23)26(29)11-13-27(25)17-21-12-14-34(30,31)18-21;1-4-19-5-7-21(8-6-19)28(16-18(2)3)33(31,32)23-9-10-25-24(15-23)26(30)11-12-27(25)17-20-13-22(29)14-20;1-4-18-5-7-19(8-6-18)28(15-17(2)3)34(31,32)21-9-10-23-22(13-21)24(29)11-12-27(23)16-20-14-26-25(30)33-20/h5-11,13,15,18-19,26,31H,4,12,14,16-17H2,1-3H3;5-10,15,19,21H,4,11-14,16-18H2,1-3H3;5-10,15,18,20,22,26,29-30H,4,11-14,16-17H2,1-3H3;5-10,13,17,20H,4,11-12,14-16H2,1-3H3,(H,26,30). The van der Waals surface area contributed by atoms with Crippen molar-refractivity contribution < 1.29 is 76.5 Å². The molecule has 1 aromatic heterocycles. The van der Waals surface area contributed by atoms with Gasteiger partial charge in [-0.2, -0.15) is 0 Å². The number of benzene rings is 8. The molecule has 136 heavy (non-hydrogen) atoms. The molecule has 33 heteroatoms.